The van der Waals surface area contributed by atoms with E-state index < -0.39 is 17.4 Å². The van der Waals surface area contributed by atoms with Crippen LogP contribution < -0.4 is 0 Å². The zero-order valence-electron chi connectivity index (χ0n) is 43.1. The number of fused-ring (bicyclic) bond motifs is 2. The average molecular weight is 1020 g/mol. The molecule has 4 heteroatoms. The predicted molar refractivity (Wildman–Crippen MR) is 297 cm³/mol. The monoisotopic (exact) mass is 1020 g/mol. The molecule has 0 aliphatic heterocycles. The van der Waals surface area contributed by atoms with Gasteiger partial charge in [-0.05, 0) is 0 Å². The van der Waals surface area contributed by atoms with Crippen molar-refractivity contribution in [3.63, 3.8) is 0 Å². The van der Waals surface area contributed by atoms with Crippen LogP contribution in [0.1, 0.15) is 212 Å². The third-order valence-electron chi connectivity index (χ3n) is 17.7. The molecule has 0 amide bonds. The Morgan fingerprint density at radius 1 is 0.470 bits per heavy atom. The molecule has 0 aromatic heterocycles. The summed E-state index contributed by atoms with van der Waals surface area (Å²) in [5, 5.41) is 0. The van der Waals surface area contributed by atoms with Crippen molar-refractivity contribution in [1.82, 2.24) is 0 Å². The quantitative estimate of drug-likeness (QED) is 0.139. The smallest absolute Gasteiger partial charge is 0.147 e. The molecule has 0 heterocycles. The molecule has 4 aliphatic carbocycles. The second kappa shape index (κ2) is 20.8. The molecule has 4 aliphatic rings. The SMILES string of the molecule is CCC1(CC2=Cc3c(-c4ccccc4C(C)(C)C)cccc3[CH]2[Zr]([CH3])([CH3])(=[SiH2])[CH]2C(CC3(CC)CCCCCCC3)=Cc3c(-c4ccccc4C(C)(C)C)cccc32)CCCCCCC1.Cl.Cl. The van der Waals surface area contributed by atoms with E-state index in [9.17, 15) is 0 Å². The van der Waals surface area contributed by atoms with Crippen LogP contribution in [0.2, 0.25) is 9.26 Å². The van der Waals surface area contributed by atoms with Crippen LogP contribution in [0.3, 0.4) is 0 Å². The number of hydrogen-bond acceptors (Lipinski definition) is 0. The first-order valence-corrected chi connectivity index (χ1v) is 40.0. The van der Waals surface area contributed by atoms with E-state index in [1.807, 2.05) is 11.1 Å². The van der Waals surface area contributed by atoms with Gasteiger partial charge in [0.15, 0.2) is 0 Å². The Labute approximate surface area is 418 Å². The van der Waals surface area contributed by atoms with Crippen LogP contribution in [0, 0.1) is 10.8 Å². The normalized spacial score (nSPS) is 21.1. The average Bonchev–Trinajstić information content (AvgIpc) is 3.81. The van der Waals surface area contributed by atoms with Gasteiger partial charge in [-0.2, -0.15) is 0 Å². The van der Waals surface area contributed by atoms with Crippen molar-refractivity contribution in [2.75, 3.05) is 0 Å². The zero-order chi connectivity index (χ0) is 45.6. The van der Waals surface area contributed by atoms with Gasteiger partial charge in [-0.1, -0.05) is 0 Å². The topological polar surface area (TPSA) is 0 Å². The van der Waals surface area contributed by atoms with E-state index in [4.69, 9.17) is 0 Å². The van der Waals surface area contributed by atoms with Gasteiger partial charge in [0.05, 0.1) is 0 Å². The van der Waals surface area contributed by atoms with E-state index in [1.165, 1.54) is 149 Å². The second-order valence-corrected chi connectivity index (χ2v) is 55.5. The van der Waals surface area contributed by atoms with Gasteiger partial charge in [0, 0.05) is 0 Å². The van der Waals surface area contributed by atoms with Crippen molar-refractivity contribution in [2.45, 2.75) is 198 Å². The van der Waals surface area contributed by atoms with Gasteiger partial charge in [0.25, 0.3) is 0 Å². The summed E-state index contributed by atoms with van der Waals surface area (Å²) < 4.78 is 6.93. The summed E-state index contributed by atoms with van der Waals surface area (Å²) in [6.07, 6.45) is 30.4. The van der Waals surface area contributed by atoms with E-state index >= 15 is 0 Å². The van der Waals surface area contributed by atoms with E-state index in [1.54, 1.807) is 22.3 Å². The van der Waals surface area contributed by atoms with Crippen LogP contribution in [0.4, 0.5) is 0 Å². The molecular formula is C62H88Cl2SiZr. The van der Waals surface area contributed by atoms with E-state index in [-0.39, 0.29) is 35.6 Å². The summed E-state index contributed by atoms with van der Waals surface area (Å²) in [6.45, 7) is 22.1. The molecule has 0 bridgehead atoms. The Balaban J connectivity index is 0.00000360. The van der Waals surface area contributed by atoms with Crippen LogP contribution in [-0.2, 0) is 28.2 Å². The van der Waals surface area contributed by atoms with Crippen LogP contribution >= 0.6 is 24.8 Å². The summed E-state index contributed by atoms with van der Waals surface area (Å²) in [7, 11) is 0. The second-order valence-electron chi connectivity index (χ2n) is 25.0. The summed E-state index contributed by atoms with van der Waals surface area (Å²) in [6, 6.07) is 33.9. The molecule has 0 N–H and O–H groups in total. The van der Waals surface area contributed by atoms with Gasteiger partial charge in [0.2, 0.25) is 0 Å². The van der Waals surface area contributed by atoms with Crippen molar-refractivity contribution >= 4 is 43.8 Å². The van der Waals surface area contributed by atoms with Gasteiger partial charge in [0.1, 0.15) is 0 Å². The molecule has 66 heavy (non-hydrogen) atoms. The van der Waals surface area contributed by atoms with Gasteiger partial charge in [-0.3, -0.25) is 0 Å². The van der Waals surface area contributed by atoms with Crippen LogP contribution in [0.15, 0.2) is 96.1 Å². The molecule has 4 aromatic rings. The van der Waals surface area contributed by atoms with Crippen molar-refractivity contribution in [3.05, 3.63) is 129 Å². The van der Waals surface area contributed by atoms with Gasteiger partial charge >= 0.3 is 397 Å². The maximum absolute atomic E-state index is 4.09. The van der Waals surface area contributed by atoms with Gasteiger partial charge in [-0.25, -0.2) is 0 Å². The number of halogens is 2. The molecule has 2 fully saturated rings. The number of hydrogen-bond donors (Lipinski definition) is 0. The van der Waals surface area contributed by atoms with Crippen LogP contribution in [-0.4, -0.2) is 6.88 Å². The van der Waals surface area contributed by atoms with Crippen molar-refractivity contribution in [3.8, 4) is 22.3 Å². The molecule has 2 unspecified atom stereocenters. The maximum atomic E-state index is 2.96. The fourth-order valence-corrected chi connectivity index (χ4v) is 34.0. The van der Waals surface area contributed by atoms with Gasteiger partial charge in [-0.15, -0.1) is 24.8 Å². The Bertz CT molecular complexity index is 2280. The number of rotatable bonds is 10. The molecular weight excluding hydrogens is 935 g/mol. The summed E-state index contributed by atoms with van der Waals surface area (Å²) >= 11 is -4.09. The van der Waals surface area contributed by atoms with Crippen molar-refractivity contribution in [2.24, 2.45) is 10.8 Å². The Kier molecular flexibility index (Phi) is 16.8. The van der Waals surface area contributed by atoms with Crippen LogP contribution in [0.5, 0.6) is 0 Å². The largest absolute Gasteiger partial charge is 0.147 e. The summed E-state index contributed by atoms with van der Waals surface area (Å²) in [5.41, 5.74) is 19.7. The maximum Gasteiger partial charge on any atom is -0.147 e. The number of allylic oxidation sites excluding steroid dienone is 2. The Hall–Kier alpha value is -1.96. The first-order valence-electron chi connectivity index (χ1n) is 26.3. The molecule has 358 valence electrons. The first-order chi connectivity index (χ1) is 30.4. The zero-order valence-corrected chi connectivity index (χ0v) is 48.6. The standard InChI is InChI=1S/2C30H39.2CH3.2ClH.H2Si.Zr/c2*1-5-30(18-11-7-6-8-12-19-30)22-23-20-24-14-13-16-25(27(24)21-23)26-15-9-10-17-28(26)29(2,3)4;;;;;;/h2*9-10,13-17,20-21H,5-8,11-12,18-19,22H2,1-4H3;2*1H3;2*1H;1H2;. The minimum absolute atomic E-state index is 0. The minimum atomic E-state index is -4.09. The summed E-state index contributed by atoms with van der Waals surface area (Å²) in [5.74, 6) is 0. The fourth-order valence-electron chi connectivity index (χ4n) is 14.3. The number of benzene rings is 4. The van der Waals surface area contributed by atoms with E-state index in [2.05, 4.69) is 169 Å². The molecule has 2 saturated carbocycles. The fraction of sp³-hybridized carbons (Fsp3) is 0.548. The van der Waals surface area contributed by atoms with E-state index in [0.717, 1.165) is 0 Å². The first kappa shape index (κ1) is 53.4. The molecule has 0 radical (unpaired) electrons. The van der Waals surface area contributed by atoms with Crippen LogP contribution in [0.25, 0.3) is 34.4 Å². The predicted octanol–water partition coefficient (Wildman–Crippen LogP) is 19.4. The molecule has 0 saturated heterocycles. The van der Waals surface area contributed by atoms with E-state index in [0.29, 0.717) is 18.1 Å². The Morgan fingerprint density at radius 2 is 0.788 bits per heavy atom. The van der Waals surface area contributed by atoms with Crippen molar-refractivity contribution in [1.29, 1.82) is 0 Å². The molecule has 0 nitrogen and oxygen atoms in total. The Morgan fingerprint density at radius 3 is 1.12 bits per heavy atom. The third kappa shape index (κ3) is 10.5. The molecule has 4 aromatic carbocycles. The van der Waals surface area contributed by atoms with Gasteiger partial charge < -0.3 is 0 Å². The molecule has 0 spiro atoms. The minimum Gasteiger partial charge on any atom is -0.147 e. The summed E-state index contributed by atoms with van der Waals surface area (Å²) in [4.78, 5) is 0. The molecule has 8 rings (SSSR count). The molecule has 2 atom stereocenters. The third-order valence-corrected chi connectivity index (χ3v) is 35.2. The van der Waals surface area contributed by atoms with Crippen molar-refractivity contribution < 1.29 is 17.4 Å².